The van der Waals surface area contributed by atoms with Gasteiger partial charge in [-0.15, -0.1) is 11.3 Å². The molecule has 1 aromatic heterocycles. The third kappa shape index (κ3) is 4.16. The fraction of sp³-hybridized carbons (Fsp3) is 0.800. The molecule has 0 bridgehead atoms. The van der Waals surface area contributed by atoms with Gasteiger partial charge < -0.3 is 19.7 Å². The number of anilines is 1. The predicted octanol–water partition coefficient (Wildman–Crippen LogP) is 2.40. The number of methoxy groups -OCH3 is 1. The van der Waals surface area contributed by atoms with Crippen LogP contribution in [-0.4, -0.2) is 43.4 Å². The van der Waals surface area contributed by atoms with Crippen molar-refractivity contribution in [2.24, 2.45) is 0 Å². The van der Waals surface area contributed by atoms with Gasteiger partial charge in [-0.1, -0.05) is 0 Å². The quantitative estimate of drug-likeness (QED) is 0.904. The number of aromatic nitrogens is 1. The lowest BCUT2D eigenvalue weighted by atomic mass is 9.99. The van der Waals surface area contributed by atoms with Crippen molar-refractivity contribution in [2.75, 3.05) is 32.1 Å². The second-order valence-electron chi connectivity index (χ2n) is 6.81. The molecule has 2 heterocycles. The summed E-state index contributed by atoms with van der Waals surface area (Å²) in [7, 11) is 3.67. The maximum Gasteiger partial charge on any atom is 0.186 e. The molecular weight excluding hydrogens is 286 g/mol. The highest BCUT2D eigenvalue weighted by atomic mass is 32.1. The van der Waals surface area contributed by atoms with Crippen LogP contribution in [0.3, 0.4) is 0 Å². The van der Waals surface area contributed by atoms with Crippen LogP contribution in [-0.2, 0) is 22.6 Å². The Balaban J connectivity index is 2.26. The first-order chi connectivity index (χ1) is 9.76. The number of thiazole rings is 1. The van der Waals surface area contributed by atoms with Crippen molar-refractivity contribution in [3.63, 3.8) is 0 Å². The second-order valence-corrected chi connectivity index (χ2v) is 7.87. The summed E-state index contributed by atoms with van der Waals surface area (Å²) >= 11 is 1.75. The number of hydrogen-bond acceptors (Lipinski definition) is 6. The summed E-state index contributed by atoms with van der Waals surface area (Å²) < 4.78 is 11.4. The molecule has 1 aromatic rings. The van der Waals surface area contributed by atoms with Crippen LogP contribution in [0.4, 0.5) is 5.13 Å². The topological polar surface area (TPSA) is 46.6 Å². The Hall–Kier alpha value is -0.690. The van der Waals surface area contributed by atoms with Gasteiger partial charge in [-0.25, -0.2) is 4.98 Å². The largest absolute Gasteiger partial charge is 0.378 e. The van der Waals surface area contributed by atoms with Crippen LogP contribution in [0.5, 0.6) is 0 Å². The highest BCUT2D eigenvalue weighted by molar-refractivity contribution is 7.15. The fourth-order valence-electron chi connectivity index (χ4n) is 2.98. The zero-order valence-electron chi connectivity index (χ0n) is 13.9. The van der Waals surface area contributed by atoms with Crippen LogP contribution in [0.15, 0.2) is 0 Å². The molecule has 2 rings (SSSR count). The van der Waals surface area contributed by atoms with Gasteiger partial charge in [0.2, 0.25) is 0 Å². The zero-order valence-corrected chi connectivity index (χ0v) is 14.8. The molecule has 120 valence electrons. The Kier molecular flexibility index (Phi) is 4.92. The summed E-state index contributed by atoms with van der Waals surface area (Å²) in [6, 6.07) is 0. The van der Waals surface area contributed by atoms with Crippen molar-refractivity contribution < 1.29 is 9.47 Å². The fourth-order valence-corrected chi connectivity index (χ4v) is 4.05. The van der Waals surface area contributed by atoms with Crippen LogP contribution in [0.1, 0.15) is 38.3 Å². The first-order valence-corrected chi connectivity index (χ1v) is 8.15. The Labute approximate surface area is 131 Å². The van der Waals surface area contributed by atoms with E-state index in [1.54, 1.807) is 18.4 Å². The van der Waals surface area contributed by atoms with E-state index in [1.165, 1.54) is 4.88 Å². The van der Waals surface area contributed by atoms with Gasteiger partial charge in [-0.05, 0) is 34.7 Å². The number of rotatable bonds is 5. The van der Waals surface area contributed by atoms with Crippen molar-refractivity contribution in [1.82, 2.24) is 10.3 Å². The van der Waals surface area contributed by atoms with E-state index >= 15 is 0 Å². The summed E-state index contributed by atoms with van der Waals surface area (Å²) in [6.45, 7) is 11.7. The van der Waals surface area contributed by atoms with E-state index in [1.807, 2.05) is 7.05 Å². The molecule has 21 heavy (non-hydrogen) atoms. The summed E-state index contributed by atoms with van der Waals surface area (Å²) in [5.41, 5.74) is 0.699. The third-order valence-corrected chi connectivity index (χ3v) is 4.51. The third-order valence-electron chi connectivity index (χ3n) is 3.35. The molecular formula is C15H27N3O2S. The first-order valence-electron chi connectivity index (χ1n) is 7.33. The minimum atomic E-state index is -0.169. The van der Waals surface area contributed by atoms with Gasteiger partial charge in [-0.3, -0.25) is 0 Å². The Morgan fingerprint density at radius 3 is 2.43 bits per heavy atom. The molecule has 0 unspecified atom stereocenters. The van der Waals surface area contributed by atoms with Gasteiger partial charge in [0, 0.05) is 31.6 Å². The van der Waals surface area contributed by atoms with E-state index in [4.69, 9.17) is 14.5 Å². The summed E-state index contributed by atoms with van der Waals surface area (Å²) in [6.07, 6.45) is 0. The van der Waals surface area contributed by atoms with Crippen LogP contribution in [0.25, 0.3) is 0 Å². The summed E-state index contributed by atoms with van der Waals surface area (Å²) in [5.74, 6) is 0. The zero-order chi connectivity index (χ0) is 15.7. The number of morpholine rings is 1. The van der Waals surface area contributed by atoms with Crippen molar-refractivity contribution in [1.29, 1.82) is 0 Å². The van der Waals surface area contributed by atoms with Crippen molar-refractivity contribution in [3.05, 3.63) is 10.6 Å². The molecule has 1 fully saturated rings. The molecule has 6 heteroatoms. The number of ether oxygens (including phenoxy) is 2. The Morgan fingerprint density at radius 2 is 1.90 bits per heavy atom. The molecule has 1 aliphatic rings. The summed E-state index contributed by atoms with van der Waals surface area (Å²) in [4.78, 5) is 8.38. The lowest BCUT2D eigenvalue weighted by Gasteiger charge is -2.47. The predicted molar refractivity (Wildman–Crippen MR) is 87.0 cm³/mol. The van der Waals surface area contributed by atoms with Crippen LogP contribution in [0, 0.1) is 0 Å². The van der Waals surface area contributed by atoms with Crippen LogP contribution < -0.4 is 10.2 Å². The van der Waals surface area contributed by atoms with Gasteiger partial charge in [0.15, 0.2) is 5.13 Å². The molecule has 0 amide bonds. The van der Waals surface area contributed by atoms with E-state index in [2.05, 4.69) is 37.9 Å². The van der Waals surface area contributed by atoms with Crippen molar-refractivity contribution in [3.8, 4) is 0 Å². The van der Waals surface area contributed by atoms with E-state index in [-0.39, 0.29) is 11.2 Å². The monoisotopic (exact) mass is 313 g/mol. The molecule has 0 radical (unpaired) electrons. The standard InChI is InChI=1S/C15H27N3O2S/c1-14(2)9-18(10-15(3,4)20-14)13-17-11(8-19-6)12(21-13)7-16-5/h16H,7-10H2,1-6H3. The average Bonchev–Trinajstić information content (AvgIpc) is 2.70. The molecule has 1 aliphatic heterocycles. The molecule has 0 aromatic carbocycles. The number of nitrogens with zero attached hydrogens (tertiary/aromatic N) is 2. The minimum absolute atomic E-state index is 0.169. The highest BCUT2D eigenvalue weighted by Crippen LogP contribution is 2.34. The van der Waals surface area contributed by atoms with Gasteiger partial charge in [0.25, 0.3) is 0 Å². The van der Waals surface area contributed by atoms with Crippen molar-refractivity contribution >= 4 is 16.5 Å². The van der Waals surface area contributed by atoms with Gasteiger partial charge in [0.05, 0.1) is 23.5 Å². The van der Waals surface area contributed by atoms with Gasteiger partial charge >= 0.3 is 0 Å². The van der Waals surface area contributed by atoms with Crippen LogP contribution in [0.2, 0.25) is 0 Å². The molecule has 5 nitrogen and oxygen atoms in total. The average molecular weight is 313 g/mol. The van der Waals surface area contributed by atoms with E-state index < -0.39 is 0 Å². The van der Waals surface area contributed by atoms with Gasteiger partial charge in [0.1, 0.15) is 0 Å². The number of hydrogen-bond donors (Lipinski definition) is 1. The molecule has 0 saturated carbocycles. The highest BCUT2D eigenvalue weighted by Gasteiger charge is 2.39. The van der Waals surface area contributed by atoms with E-state index in [9.17, 15) is 0 Å². The minimum Gasteiger partial charge on any atom is -0.378 e. The summed E-state index contributed by atoms with van der Waals surface area (Å²) in [5, 5.41) is 4.27. The Bertz CT molecular complexity index is 446. The van der Waals surface area contributed by atoms with E-state index in [0.717, 1.165) is 30.5 Å². The van der Waals surface area contributed by atoms with Crippen LogP contribution >= 0.6 is 11.3 Å². The lowest BCUT2D eigenvalue weighted by molar-refractivity contribution is -0.133. The maximum absolute atomic E-state index is 6.14. The SMILES string of the molecule is CNCc1sc(N2CC(C)(C)OC(C)(C)C2)nc1COC. The van der Waals surface area contributed by atoms with E-state index in [0.29, 0.717) is 6.61 Å². The molecule has 0 spiro atoms. The molecule has 1 saturated heterocycles. The molecule has 0 atom stereocenters. The first kappa shape index (κ1) is 16.7. The molecule has 0 aliphatic carbocycles. The normalized spacial score (nSPS) is 20.8. The number of nitrogens with one attached hydrogen (secondary N) is 1. The maximum atomic E-state index is 6.14. The Morgan fingerprint density at radius 1 is 1.29 bits per heavy atom. The lowest BCUT2D eigenvalue weighted by Crippen LogP contribution is -2.57. The second kappa shape index (κ2) is 6.20. The smallest absolute Gasteiger partial charge is 0.186 e. The molecule has 1 N–H and O–H groups in total. The van der Waals surface area contributed by atoms with Gasteiger partial charge in [-0.2, -0.15) is 0 Å². The van der Waals surface area contributed by atoms with Crippen molar-refractivity contribution in [2.45, 2.75) is 52.0 Å².